The molecule has 4 heteroatoms. The van der Waals surface area contributed by atoms with Crippen LogP contribution < -0.4 is 5.73 Å². The highest BCUT2D eigenvalue weighted by Crippen LogP contribution is 2.35. The number of hydrogen-bond acceptors (Lipinski definition) is 2. The summed E-state index contributed by atoms with van der Waals surface area (Å²) in [6.45, 7) is 4.52. The van der Waals surface area contributed by atoms with E-state index in [1.54, 1.807) is 0 Å². The first-order valence-corrected chi connectivity index (χ1v) is 8.43. The van der Waals surface area contributed by atoms with Gasteiger partial charge in [-0.2, -0.15) is 0 Å². The second-order valence-electron chi connectivity index (χ2n) is 5.53. The number of benzene rings is 1. The average molecular weight is 330 g/mol. The van der Waals surface area contributed by atoms with Gasteiger partial charge in [0.1, 0.15) is 0 Å². The number of hydrogen-bond donors (Lipinski definition) is 1. The minimum atomic E-state index is -0.934. The van der Waals surface area contributed by atoms with Crippen LogP contribution in [0.25, 0.3) is 0 Å². The maximum Gasteiger partial charge on any atom is 0.0572 e. The Balaban J connectivity index is 2.20. The van der Waals surface area contributed by atoms with Crippen LogP contribution in [0.4, 0.5) is 5.69 Å². The molecular formula is C14H20BrNOS. The summed E-state index contributed by atoms with van der Waals surface area (Å²) in [5.74, 6) is 1.35. The van der Waals surface area contributed by atoms with E-state index in [1.165, 1.54) is 6.42 Å². The molecule has 0 radical (unpaired) electrons. The summed E-state index contributed by atoms with van der Waals surface area (Å²) in [6.07, 6.45) is 3.39. The lowest BCUT2D eigenvalue weighted by Crippen LogP contribution is -2.27. The lowest BCUT2D eigenvalue weighted by molar-refractivity contribution is 0.305. The molecule has 0 spiro atoms. The summed E-state index contributed by atoms with van der Waals surface area (Å²) >= 11 is 3.47. The van der Waals surface area contributed by atoms with Gasteiger partial charge in [0.15, 0.2) is 0 Å². The zero-order valence-electron chi connectivity index (χ0n) is 10.9. The largest absolute Gasteiger partial charge is 0.399 e. The molecule has 1 aromatic rings. The van der Waals surface area contributed by atoms with Crippen LogP contribution in [0.2, 0.25) is 0 Å². The Morgan fingerprint density at radius 3 is 2.39 bits per heavy atom. The van der Waals surface area contributed by atoms with Gasteiger partial charge in [0.2, 0.25) is 0 Å². The smallest absolute Gasteiger partial charge is 0.0572 e. The topological polar surface area (TPSA) is 43.1 Å². The molecule has 0 aromatic heterocycles. The lowest BCUT2D eigenvalue weighted by atomic mass is 9.83. The van der Waals surface area contributed by atoms with Gasteiger partial charge in [-0.25, -0.2) is 0 Å². The molecule has 2 nitrogen and oxygen atoms in total. The van der Waals surface area contributed by atoms with E-state index in [0.29, 0.717) is 17.5 Å². The molecule has 2 rings (SSSR count). The van der Waals surface area contributed by atoms with E-state index in [4.69, 9.17) is 5.73 Å². The minimum Gasteiger partial charge on any atom is -0.399 e. The lowest BCUT2D eigenvalue weighted by Gasteiger charge is -2.31. The molecule has 2 N–H and O–H groups in total. The van der Waals surface area contributed by atoms with E-state index in [2.05, 4.69) is 29.8 Å². The molecule has 1 aliphatic rings. The summed E-state index contributed by atoms with van der Waals surface area (Å²) in [6, 6.07) is 5.55. The number of nitrogens with two attached hydrogens (primary N) is 1. The molecule has 0 heterocycles. The number of nitrogen functional groups attached to an aromatic ring is 1. The van der Waals surface area contributed by atoms with Crippen LogP contribution in [0.5, 0.6) is 0 Å². The van der Waals surface area contributed by atoms with Crippen molar-refractivity contribution < 1.29 is 4.21 Å². The maximum absolute atomic E-state index is 12.7. The average Bonchev–Trinajstić information content (AvgIpc) is 2.26. The number of halogens is 1. The van der Waals surface area contributed by atoms with Crippen molar-refractivity contribution in [3.05, 3.63) is 22.7 Å². The van der Waals surface area contributed by atoms with Crippen molar-refractivity contribution in [2.45, 2.75) is 43.3 Å². The van der Waals surface area contributed by atoms with Crippen molar-refractivity contribution in [1.82, 2.24) is 0 Å². The predicted molar refractivity (Wildman–Crippen MR) is 80.9 cm³/mol. The normalized spacial score (nSPS) is 30.1. The molecule has 18 heavy (non-hydrogen) atoms. The Kier molecular flexibility index (Phi) is 4.49. The Morgan fingerprint density at radius 1 is 1.22 bits per heavy atom. The van der Waals surface area contributed by atoms with Crippen LogP contribution in [0.1, 0.15) is 33.1 Å². The summed E-state index contributed by atoms with van der Waals surface area (Å²) in [5.41, 5.74) is 6.42. The Hall–Kier alpha value is -0.350. The molecule has 100 valence electrons. The Labute approximate surface area is 120 Å². The van der Waals surface area contributed by atoms with E-state index < -0.39 is 10.8 Å². The van der Waals surface area contributed by atoms with Gasteiger partial charge in [0, 0.05) is 15.4 Å². The van der Waals surface area contributed by atoms with Crippen LogP contribution in [-0.2, 0) is 10.8 Å². The van der Waals surface area contributed by atoms with Gasteiger partial charge in [-0.1, -0.05) is 13.8 Å². The molecule has 0 aliphatic heterocycles. The third kappa shape index (κ3) is 3.15. The van der Waals surface area contributed by atoms with Gasteiger partial charge in [-0.15, -0.1) is 0 Å². The van der Waals surface area contributed by atoms with Gasteiger partial charge < -0.3 is 5.73 Å². The van der Waals surface area contributed by atoms with Gasteiger partial charge in [-0.05, 0) is 65.2 Å². The molecule has 1 aromatic carbocycles. The first-order chi connectivity index (χ1) is 8.47. The first-order valence-electron chi connectivity index (χ1n) is 6.43. The molecule has 1 aliphatic carbocycles. The SMILES string of the molecule is CC1CC(C)CC(S(=O)c2ccc(N)cc2Br)C1. The highest BCUT2D eigenvalue weighted by Gasteiger charge is 2.29. The summed E-state index contributed by atoms with van der Waals surface area (Å²) in [4.78, 5) is 0.885. The van der Waals surface area contributed by atoms with Gasteiger partial charge in [-0.3, -0.25) is 4.21 Å². The third-order valence-electron chi connectivity index (χ3n) is 3.61. The fourth-order valence-corrected chi connectivity index (χ4v) is 5.60. The van der Waals surface area contributed by atoms with E-state index in [1.807, 2.05) is 18.2 Å². The second kappa shape index (κ2) is 5.74. The molecule has 1 saturated carbocycles. The molecule has 0 saturated heterocycles. The van der Waals surface area contributed by atoms with E-state index >= 15 is 0 Å². The van der Waals surface area contributed by atoms with Crippen molar-refractivity contribution in [3.63, 3.8) is 0 Å². The number of rotatable bonds is 2. The summed E-state index contributed by atoms with van der Waals surface area (Å²) in [7, 11) is -0.934. The highest BCUT2D eigenvalue weighted by atomic mass is 79.9. The minimum absolute atomic E-state index is 0.281. The standard InChI is InChI=1S/C14H20BrNOS/c1-9-5-10(2)7-12(6-9)18(17)14-4-3-11(16)8-13(14)15/h3-4,8-10,12H,5-7,16H2,1-2H3. The quantitative estimate of drug-likeness (QED) is 0.834. The number of anilines is 1. The van der Waals surface area contributed by atoms with Crippen LogP contribution >= 0.6 is 15.9 Å². The fraction of sp³-hybridized carbons (Fsp3) is 0.571. The Bertz CT molecular complexity index is 453. The van der Waals surface area contributed by atoms with Gasteiger partial charge in [0.25, 0.3) is 0 Å². The van der Waals surface area contributed by atoms with Crippen molar-refractivity contribution >= 4 is 32.4 Å². The van der Waals surface area contributed by atoms with Crippen LogP contribution in [-0.4, -0.2) is 9.46 Å². The first kappa shape index (κ1) is 14.1. The van der Waals surface area contributed by atoms with Crippen LogP contribution in [0.15, 0.2) is 27.6 Å². The zero-order valence-corrected chi connectivity index (χ0v) is 13.3. The van der Waals surface area contributed by atoms with Crippen molar-refractivity contribution in [1.29, 1.82) is 0 Å². The molecule has 1 fully saturated rings. The van der Waals surface area contributed by atoms with E-state index in [-0.39, 0.29) is 5.25 Å². The van der Waals surface area contributed by atoms with E-state index in [0.717, 1.165) is 22.2 Å². The Morgan fingerprint density at radius 2 is 1.83 bits per heavy atom. The summed E-state index contributed by atoms with van der Waals surface area (Å²) in [5, 5.41) is 0.281. The van der Waals surface area contributed by atoms with Crippen LogP contribution in [0.3, 0.4) is 0 Å². The molecule has 3 atom stereocenters. The highest BCUT2D eigenvalue weighted by molar-refractivity contribution is 9.10. The monoisotopic (exact) mass is 329 g/mol. The molecule has 0 bridgehead atoms. The second-order valence-corrected chi connectivity index (χ2v) is 8.08. The molecule has 0 amide bonds. The van der Waals surface area contributed by atoms with Gasteiger partial charge >= 0.3 is 0 Å². The van der Waals surface area contributed by atoms with Crippen molar-refractivity contribution in [2.24, 2.45) is 11.8 Å². The fourth-order valence-electron chi connectivity index (χ4n) is 2.91. The predicted octanol–water partition coefficient (Wildman–Crippen LogP) is 3.96. The summed E-state index contributed by atoms with van der Waals surface area (Å²) < 4.78 is 13.5. The van der Waals surface area contributed by atoms with Crippen molar-refractivity contribution in [3.8, 4) is 0 Å². The van der Waals surface area contributed by atoms with Crippen LogP contribution in [0, 0.1) is 11.8 Å². The zero-order chi connectivity index (χ0) is 13.3. The third-order valence-corrected chi connectivity index (χ3v) is 6.31. The van der Waals surface area contributed by atoms with E-state index in [9.17, 15) is 4.21 Å². The maximum atomic E-state index is 12.7. The van der Waals surface area contributed by atoms with Crippen molar-refractivity contribution in [2.75, 3.05) is 5.73 Å². The molecular weight excluding hydrogens is 310 g/mol. The van der Waals surface area contributed by atoms with Gasteiger partial charge in [0.05, 0.1) is 15.7 Å². The molecule has 3 unspecified atom stereocenters.